The Hall–Kier alpha value is -1.78. The molecule has 0 amide bonds. The van der Waals surface area contributed by atoms with Crippen LogP contribution in [-0.2, 0) is 0 Å². The molecule has 0 saturated carbocycles. The molecule has 1 aromatic carbocycles. The number of nitro groups is 1. The van der Waals surface area contributed by atoms with Gasteiger partial charge in [-0.1, -0.05) is 12.1 Å². The van der Waals surface area contributed by atoms with Crippen molar-refractivity contribution in [3.8, 4) is 11.5 Å². The molecular formula is C8H9NO4. The smallest absolute Gasteiger partial charge is 0.344 e. The zero-order valence-electron chi connectivity index (χ0n) is 7.10. The molecule has 13 heavy (non-hydrogen) atoms. The first kappa shape index (κ1) is 9.31. The summed E-state index contributed by atoms with van der Waals surface area (Å²) in [4.78, 5) is 9.46. The molecule has 70 valence electrons. The van der Waals surface area contributed by atoms with Crippen LogP contribution < -0.4 is 9.47 Å². The zero-order chi connectivity index (χ0) is 9.68. The van der Waals surface area contributed by atoms with Gasteiger partial charge in [-0.2, -0.15) is 0 Å². The van der Waals surface area contributed by atoms with Gasteiger partial charge < -0.3 is 9.47 Å². The van der Waals surface area contributed by atoms with E-state index in [1.54, 1.807) is 24.3 Å². The lowest BCUT2D eigenvalue weighted by Crippen LogP contribution is -2.08. The number of methoxy groups -OCH3 is 1. The number of hydrogen-bond acceptors (Lipinski definition) is 4. The first-order valence-corrected chi connectivity index (χ1v) is 3.61. The van der Waals surface area contributed by atoms with Crippen molar-refractivity contribution in [1.82, 2.24) is 0 Å². The molecule has 0 unspecified atom stereocenters. The summed E-state index contributed by atoms with van der Waals surface area (Å²) in [5.74, 6) is 0.867. The Balaban J connectivity index is 2.69. The molecule has 5 heteroatoms. The van der Waals surface area contributed by atoms with Crippen LogP contribution in [0.3, 0.4) is 0 Å². The first-order chi connectivity index (χ1) is 6.24. The maximum Gasteiger partial charge on any atom is 0.344 e. The Kier molecular flexibility index (Phi) is 3.08. The molecule has 5 nitrogen and oxygen atoms in total. The van der Waals surface area contributed by atoms with Crippen molar-refractivity contribution in [2.24, 2.45) is 0 Å². The zero-order valence-corrected chi connectivity index (χ0v) is 7.10. The molecule has 0 heterocycles. The van der Waals surface area contributed by atoms with E-state index >= 15 is 0 Å². The van der Waals surface area contributed by atoms with Gasteiger partial charge in [0.2, 0.25) is 0 Å². The normalized spacial score (nSPS) is 9.31. The fourth-order valence-corrected chi connectivity index (χ4v) is 0.860. The topological polar surface area (TPSA) is 61.6 Å². The highest BCUT2D eigenvalue weighted by molar-refractivity contribution is 5.39. The van der Waals surface area contributed by atoms with Crippen molar-refractivity contribution in [2.75, 3.05) is 13.8 Å². The minimum Gasteiger partial charge on any atom is -0.493 e. The molecule has 0 atom stereocenters. The van der Waals surface area contributed by atoms with Crippen LogP contribution in [0, 0.1) is 10.1 Å². The van der Waals surface area contributed by atoms with E-state index in [9.17, 15) is 10.1 Å². The standard InChI is InChI=1S/C8H9NO4/c1-12-7-4-2-3-5-8(7)13-6-9(10)11/h2-5H,6H2,1H3. The summed E-state index contributed by atoms with van der Waals surface area (Å²) in [6.45, 7) is -0.555. The summed E-state index contributed by atoms with van der Waals surface area (Å²) in [5.41, 5.74) is 0. The van der Waals surface area contributed by atoms with Crippen LogP contribution in [0.5, 0.6) is 11.5 Å². The summed E-state index contributed by atoms with van der Waals surface area (Å²) in [7, 11) is 1.48. The van der Waals surface area contributed by atoms with Crippen molar-refractivity contribution >= 4 is 0 Å². The van der Waals surface area contributed by atoms with Gasteiger partial charge in [0.05, 0.1) is 12.0 Å². The fourth-order valence-electron chi connectivity index (χ4n) is 0.860. The Morgan fingerprint density at radius 2 is 2.00 bits per heavy atom. The average Bonchev–Trinajstić information content (AvgIpc) is 2.15. The van der Waals surface area contributed by atoms with Crippen LogP contribution in [0.2, 0.25) is 0 Å². The summed E-state index contributed by atoms with van der Waals surface area (Å²) in [5, 5.41) is 10.0. The number of para-hydroxylation sites is 2. The summed E-state index contributed by atoms with van der Waals surface area (Å²) in [6.07, 6.45) is 0. The number of nitrogens with zero attached hydrogens (tertiary/aromatic N) is 1. The lowest BCUT2D eigenvalue weighted by molar-refractivity contribution is -0.514. The first-order valence-electron chi connectivity index (χ1n) is 3.61. The highest BCUT2D eigenvalue weighted by Gasteiger charge is 2.04. The molecule has 0 saturated heterocycles. The molecule has 0 aromatic heterocycles. The SMILES string of the molecule is COc1ccccc1OC[N+](=O)[O-]. The van der Waals surface area contributed by atoms with Crippen molar-refractivity contribution in [3.63, 3.8) is 0 Å². The summed E-state index contributed by atoms with van der Waals surface area (Å²) >= 11 is 0. The Morgan fingerprint density at radius 3 is 2.54 bits per heavy atom. The Labute approximate surface area is 75.0 Å². The molecule has 0 bridgehead atoms. The summed E-state index contributed by atoms with van der Waals surface area (Å²) in [6, 6.07) is 6.77. The van der Waals surface area contributed by atoms with Crippen LogP contribution >= 0.6 is 0 Å². The second-order valence-corrected chi connectivity index (χ2v) is 2.26. The van der Waals surface area contributed by atoms with Gasteiger partial charge in [-0.15, -0.1) is 0 Å². The molecule has 1 aromatic rings. The highest BCUT2D eigenvalue weighted by atomic mass is 16.7. The predicted octanol–water partition coefficient (Wildman–Crippen LogP) is 1.31. The monoisotopic (exact) mass is 183 g/mol. The fraction of sp³-hybridized carbons (Fsp3) is 0.250. The molecule has 0 aliphatic heterocycles. The number of rotatable bonds is 4. The second kappa shape index (κ2) is 4.30. The minimum atomic E-state index is -0.555. The summed E-state index contributed by atoms with van der Waals surface area (Å²) < 4.78 is 9.80. The molecule has 0 N–H and O–H groups in total. The Bertz CT molecular complexity index is 300. The van der Waals surface area contributed by atoms with Crippen LogP contribution in [-0.4, -0.2) is 18.8 Å². The molecule has 0 aliphatic rings. The van der Waals surface area contributed by atoms with Gasteiger partial charge in [0.15, 0.2) is 11.5 Å². The van der Waals surface area contributed by atoms with E-state index in [0.717, 1.165) is 0 Å². The average molecular weight is 183 g/mol. The molecular weight excluding hydrogens is 174 g/mol. The van der Waals surface area contributed by atoms with Crippen molar-refractivity contribution in [3.05, 3.63) is 34.4 Å². The van der Waals surface area contributed by atoms with Gasteiger partial charge in [0.25, 0.3) is 0 Å². The minimum absolute atomic E-state index is 0.377. The number of hydrogen-bond donors (Lipinski definition) is 0. The molecule has 0 fully saturated rings. The van der Waals surface area contributed by atoms with Crippen molar-refractivity contribution in [2.45, 2.75) is 0 Å². The second-order valence-electron chi connectivity index (χ2n) is 2.26. The maximum absolute atomic E-state index is 10.0. The lowest BCUT2D eigenvalue weighted by Gasteiger charge is -2.05. The third-order valence-electron chi connectivity index (χ3n) is 1.39. The van der Waals surface area contributed by atoms with Crippen LogP contribution in [0.15, 0.2) is 24.3 Å². The van der Waals surface area contributed by atoms with E-state index in [0.29, 0.717) is 11.5 Å². The van der Waals surface area contributed by atoms with E-state index < -0.39 is 11.7 Å². The van der Waals surface area contributed by atoms with Gasteiger partial charge in [0, 0.05) is 0 Å². The molecule has 0 spiro atoms. The Morgan fingerprint density at radius 1 is 1.38 bits per heavy atom. The molecule has 1 rings (SSSR count). The van der Waals surface area contributed by atoms with Crippen LogP contribution in [0.4, 0.5) is 0 Å². The van der Waals surface area contributed by atoms with Crippen molar-refractivity contribution < 1.29 is 14.4 Å². The van der Waals surface area contributed by atoms with Gasteiger partial charge in [-0.3, -0.25) is 10.1 Å². The van der Waals surface area contributed by atoms with Crippen LogP contribution in [0.1, 0.15) is 0 Å². The third kappa shape index (κ3) is 2.62. The number of ether oxygens (including phenoxy) is 2. The van der Waals surface area contributed by atoms with E-state index in [4.69, 9.17) is 9.47 Å². The largest absolute Gasteiger partial charge is 0.493 e. The highest BCUT2D eigenvalue weighted by Crippen LogP contribution is 2.25. The molecule has 0 radical (unpaired) electrons. The van der Waals surface area contributed by atoms with Gasteiger partial charge in [-0.05, 0) is 12.1 Å². The quantitative estimate of drug-likeness (QED) is 0.401. The molecule has 0 aliphatic carbocycles. The van der Waals surface area contributed by atoms with Gasteiger partial charge in [0.1, 0.15) is 0 Å². The predicted molar refractivity (Wildman–Crippen MR) is 45.5 cm³/mol. The van der Waals surface area contributed by atoms with Gasteiger partial charge >= 0.3 is 6.73 Å². The van der Waals surface area contributed by atoms with Gasteiger partial charge in [-0.25, -0.2) is 0 Å². The van der Waals surface area contributed by atoms with E-state index in [-0.39, 0.29) is 0 Å². The van der Waals surface area contributed by atoms with E-state index in [2.05, 4.69) is 0 Å². The lowest BCUT2D eigenvalue weighted by atomic mass is 10.3. The van der Waals surface area contributed by atoms with Crippen LogP contribution in [0.25, 0.3) is 0 Å². The van der Waals surface area contributed by atoms with E-state index in [1.165, 1.54) is 7.11 Å². The number of benzene rings is 1. The van der Waals surface area contributed by atoms with E-state index in [1.807, 2.05) is 0 Å². The third-order valence-corrected chi connectivity index (χ3v) is 1.39. The van der Waals surface area contributed by atoms with Crippen molar-refractivity contribution in [1.29, 1.82) is 0 Å². The maximum atomic E-state index is 10.0.